The number of aromatic hydroxyl groups is 1. The summed E-state index contributed by atoms with van der Waals surface area (Å²) in [5.41, 5.74) is 2.49. The molecule has 20 heavy (non-hydrogen) atoms. The van der Waals surface area contributed by atoms with Gasteiger partial charge < -0.3 is 5.11 Å². The smallest absolute Gasteiger partial charge is 0.210 e. The van der Waals surface area contributed by atoms with Crippen LogP contribution in [0, 0.1) is 24.7 Å². The molecule has 0 saturated heterocycles. The van der Waals surface area contributed by atoms with Gasteiger partial charge in [0, 0.05) is 31.7 Å². The first-order valence-electron chi connectivity index (χ1n) is 7.87. The molecular formula is C17H25NORh. The van der Waals surface area contributed by atoms with Crippen molar-refractivity contribution in [3.05, 3.63) is 23.4 Å². The zero-order valence-corrected chi connectivity index (χ0v) is 13.9. The van der Waals surface area contributed by atoms with E-state index in [0.29, 0.717) is 0 Å². The normalized spacial score (nSPS) is 28.8. The summed E-state index contributed by atoms with van der Waals surface area (Å²) >= 11 is 0. The maximum Gasteiger partial charge on any atom is 0.210 e. The maximum atomic E-state index is 9.35. The predicted octanol–water partition coefficient (Wildman–Crippen LogP) is 4.24. The molecule has 0 aliphatic heterocycles. The Hall–Kier alpha value is -0.427. The van der Waals surface area contributed by atoms with Crippen LogP contribution in [0.1, 0.15) is 56.1 Å². The zero-order chi connectivity index (χ0) is 13.2. The summed E-state index contributed by atoms with van der Waals surface area (Å²) in [4.78, 5) is 4.01. The van der Waals surface area contributed by atoms with E-state index in [0.717, 1.165) is 24.2 Å². The molecular weight excluding hydrogens is 337 g/mol. The van der Waals surface area contributed by atoms with Crippen LogP contribution in [-0.4, -0.2) is 10.1 Å². The molecule has 1 heterocycles. The first-order valence-corrected chi connectivity index (χ1v) is 7.87. The van der Waals surface area contributed by atoms with Crippen LogP contribution in [0.25, 0.3) is 0 Å². The molecule has 1 aromatic rings. The Morgan fingerprint density at radius 1 is 1.20 bits per heavy atom. The van der Waals surface area contributed by atoms with Crippen LogP contribution in [0.2, 0.25) is 0 Å². The SMILES string of the molecule is Cc1cc(O)ncc1CCC1CCC2CCCC2C1.[Rh]. The first-order chi connectivity index (χ1) is 9.22. The molecule has 0 aromatic carbocycles. The molecule has 0 amide bonds. The van der Waals surface area contributed by atoms with Crippen molar-refractivity contribution in [1.82, 2.24) is 4.98 Å². The quantitative estimate of drug-likeness (QED) is 0.816. The van der Waals surface area contributed by atoms with E-state index in [9.17, 15) is 5.11 Å². The van der Waals surface area contributed by atoms with E-state index in [4.69, 9.17) is 0 Å². The molecule has 2 aliphatic carbocycles. The third kappa shape index (κ3) is 3.61. The van der Waals surface area contributed by atoms with Crippen molar-refractivity contribution >= 4 is 0 Å². The molecule has 3 atom stereocenters. The van der Waals surface area contributed by atoms with Gasteiger partial charge in [0.2, 0.25) is 5.88 Å². The molecule has 2 nitrogen and oxygen atoms in total. The number of hydrogen-bond acceptors (Lipinski definition) is 2. The molecule has 0 bridgehead atoms. The minimum atomic E-state index is 0. The van der Waals surface area contributed by atoms with E-state index >= 15 is 0 Å². The number of rotatable bonds is 3. The van der Waals surface area contributed by atoms with Crippen LogP contribution in [0.4, 0.5) is 0 Å². The van der Waals surface area contributed by atoms with Gasteiger partial charge in [-0.1, -0.05) is 25.7 Å². The number of hydrogen-bond donors (Lipinski definition) is 1. The molecule has 3 heteroatoms. The van der Waals surface area contributed by atoms with Gasteiger partial charge in [-0.15, -0.1) is 0 Å². The summed E-state index contributed by atoms with van der Waals surface area (Å²) in [5, 5.41) is 9.35. The number of fused-ring (bicyclic) bond motifs is 1. The van der Waals surface area contributed by atoms with Gasteiger partial charge in [0.25, 0.3) is 0 Å². The molecule has 2 fully saturated rings. The Balaban J connectivity index is 0.00000147. The minimum absolute atomic E-state index is 0. The average molecular weight is 362 g/mol. The minimum Gasteiger partial charge on any atom is -0.493 e. The number of nitrogens with zero attached hydrogens (tertiary/aromatic N) is 1. The van der Waals surface area contributed by atoms with Crippen molar-refractivity contribution in [3.63, 3.8) is 0 Å². The molecule has 2 aliphatic rings. The number of aromatic nitrogens is 1. The second-order valence-corrected chi connectivity index (χ2v) is 6.64. The largest absolute Gasteiger partial charge is 0.493 e. The molecule has 113 valence electrons. The molecule has 2 saturated carbocycles. The molecule has 1 N–H and O–H groups in total. The van der Waals surface area contributed by atoms with Gasteiger partial charge in [-0.05, 0) is 61.5 Å². The van der Waals surface area contributed by atoms with Crippen LogP contribution in [0.3, 0.4) is 0 Å². The maximum absolute atomic E-state index is 9.35. The summed E-state index contributed by atoms with van der Waals surface area (Å²) in [5.74, 6) is 3.17. The van der Waals surface area contributed by atoms with Crippen molar-refractivity contribution in [2.24, 2.45) is 17.8 Å². The third-order valence-corrected chi connectivity index (χ3v) is 5.42. The van der Waals surface area contributed by atoms with Gasteiger partial charge >= 0.3 is 0 Å². The second kappa shape index (κ2) is 7.03. The third-order valence-electron chi connectivity index (χ3n) is 5.42. The van der Waals surface area contributed by atoms with Gasteiger partial charge in [-0.3, -0.25) is 0 Å². The van der Waals surface area contributed by atoms with Crippen molar-refractivity contribution in [2.45, 2.75) is 58.3 Å². The van der Waals surface area contributed by atoms with Gasteiger partial charge in [-0.25, -0.2) is 4.98 Å². The first kappa shape index (κ1) is 16.0. The van der Waals surface area contributed by atoms with Gasteiger partial charge in [0.05, 0.1) is 0 Å². The summed E-state index contributed by atoms with van der Waals surface area (Å²) in [7, 11) is 0. The monoisotopic (exact) mass is 362 g/mol. The summed E-state index contributed by atoms with van der Waals surface area (Å²) < 4.78 is 0. The fourth-order valence-corrected chi connectivity index (χ4v) is 4.25. The van der Waals surface area contributed by atoms with Gasteiger partial charge in [-0.2, -0.15) is 0 Å². The van der Waals surface area contributed by atoms with Gasteiger partial charge in [0.15, 0.2) is 0 Å². The van der Waals surface area contributed by atoms with Crippen LogP contribution >= 0.6 is 0 Å². The van der Waals surface area contributed by atoms with Crippen molar-refractivity contribution in [2.75, 3.05) is 0 Å². The van der Waals surface area contributed by atoms with E-state index in [1.165, 1.54) is 56.1 Å². The van der Waals surface area contributed by atoms with E-state index in [2.05, 4.69) is 11.9 Å². The predicted molar refractivity (Wildman–Crippen MR) is 77.1 cm³/mol. The summed E-state index contributed by atoms with van der Waals surface area (Å²) in [6.07, 6.45) is 13.1. The average Bonchev–Trinajstić information content (AvgIpc) is 2.85. The Morgan fingerprint density at radius 3 is 2.80 bits per heavy atom. The van der Waals surface area contributed by atoms with E-state index in [-0.39, 0.29) is 25.4 Å². The van der Waals surface area contributed by atoms with Crippen LogP contribution < -0.4 is 0 Å². The number of pyridine rings is 1. The summed E-state index contributed by atoms with van der Waals surface area (Å²) in [6, 6.07) is 1.78. The molecule has 0 spiro atoms. The summed E-state index contributed by atoms with van der Waals surface area (Å²) in [6.45, 7) is 2.07. The van der Waals surface area contributed by atoms with Crippen LogP contribution in [0.15, 0.2) is 12.3 Å². The fourth-order valence-electron chi connectivity index (χ4n) is 4.25. The van der Waals surface area contributed by atoms with Crippen LogP contribution in [0.5, 0.6) is 5.88 Å². The topological polar surface area (TPSA) is 33.1 Å². The molecule has 3 unspecified atom stereocenters. The Labute approximate surface area is 135 Å². The van der Waals surface area contributed by atoms with Crippen molar-refractivity contribution in [3.8, 4) is 5.88 Å². The van der Waals surface area contributed by atoms with E-state index in [1.807, 2.05) is 6.20 Å². The van der Waals surface area contributed by atoms with Crippen LogP contribution in [-0.2, 0) is 25.9 Å². The Kier molecular flexibility index (Phi) is 5.60. The second-order valence-electron chi connectivity index (χ2n) is 6.64. The van der Waals surface area contributed by atoms with Crippen molar-refractivity contribution < 1.29 is 24.6 Å². The standard InChI is InChI=1S/C17H25NO.Rh/c1-12-9-17(19)18-11-16(12)8-6-13-5-7-14-3-2-4-15(14)10-13;/h9,11,13-15H,2-8,10H2,1H3,(H,18,19);. The Morgan fingerprint density at radius 2 is 2.00 bits per heavy atom. The zero-order valence-electron chi connectivity index (χ0n) is 12.3. The van der Waals surface area contributed by atoms with E-state index in [1.54, 1.807) is 6.07 Å². The Bertz CT molecular complexity index is 449. The molecule has 3 rings (SSSR count). The van der Waals surface area contributed by atoms with Crippen molar-refractivity contribution in [1.29, 1.82) is 0 Å². The number of aryl methyl sites for hydroxylation is 2. The molecule has 1 aromatic heterocycles. The van der Waals surface area contributed by atoms with Gasteiger partial charge in [0.1, 0.15) is 0 Å². The fraction of sp³-hybridized carbons (Fsp3) is 0.706. The van der Waals surface area contributed by atoms with E-state index < -0.39 is 0 Å². The molecule has 1 radical (unpaired) electrons.